The maximum absolute atomic E-state index is 11.5. The molecule has 0 aromatic carbocycles. The van der Waals surface area contributed by atoms with Crippen LogP contribution in [0.3, 0.4) is 0 Å². The summed E-state index contributed by atoms with van der Waals surface area (Å²) in [6.45, 7) is 7.55. The van der Waals surface area contributed by atoms with E-state index in [4.69, 9.17) is 4.74 Å². The molecule has 1 unspecified atom stereocenters. The van der Waals surface area contributed by atoms with Gasteiger partial charge in [0.05, 0.1) is 6.20 Å². The number of carbonyl (C=O) groups excluding carboxylic acids is 1. The molecule has 0 aliphatic heterocycles. The number of aryl methyl sites for hydroxylation is 2. The number of carbonyl (C=O) groups is 1. The molecule has 8 nitrogen and oxygen atoms in total. The Morgan fingerprint density at radius 2 is 2.14 bits per heavy atom. The largest absolute Gasteiger partial charge is 0.438 e. The third-order valence-electron chi connectivity index (χ3n) is 3.10. The van der Waals surface area contributed by atoms with E-state index in [9.17, 15) is 4.79 Å². The highest BCUT2D eigenvalue weighted by molar-refractivity contribution is 5.68. The lowest BCUT2D eigenvalue weighted by molar-refractivity contribution is -0.159. The van der Waals surface area contributed by atoms with E-state index in [1.54, 1.807) is 17.8 Å². The quantitative estimate of drug-likeness (QED) is 0.776. The Balaban J connectivity index is 2.31. The lowest BCUT2D eigenvalue weighted by Crippen LogP contribution is -2.24. The number of nitrogens with zero attached hydrogens (tertiary/aromatic N) is 6. The number of aromatic nitrogens is 6. The third kappa shape index (κ3) is 3.09. The fourth-order valence-corrected chi connectivity index (χ4v) is 1.96. The van der Waals surface area contributed by atoms with E-state index < -0.39 is 6.23 Å². The first-order valence-corrected chi connectivity index (χ1v) is 6.92. The molecule has 2 heterocycles. The molecule has 0 bridgehead atoms. The minimum atomic E-state index is -0.563. The minimum Gasteiger partial charge on any atom is -0.438 e. The standard InChI is InChI=1S/C13H20N6O2/c1-6-10(20)21-13(8(2)3)19-16-12(15-17-19)11-9(4)7-14-18(11)5/h7-8,13H,6H2,1-5H3. The van der Waals surface area contributed by atoms with Crippen molar-refractivity contribution < 1.29 is 9.53 Å². The van der Waals surface area contributed by atoms with Gasteiger partial charge in [0.25, 0.3) is 0 Å². The summed E-state index contributed by atoms with van der Waals surface area (Å²) in [6.07, 6.45) is 1.49. The predicted octanol–water partition coefficient (Wildman–Crippen LogP) is 1.49. The van der Waals surface area contributed by atoms with Crippen LogP contribution >= 0.6 is 0 Å². The van der Waals surface area contributed by atoms with E-state index in [0.29, 0.717) is 12.2 Å². The molecule has 0 fully saturated rings. The van der Waals surface area contributed by atoms with Crippen LogP contribution in [-0.4, -0.2) is 36.0 Å². The number of hydrogen-bond donors (Lipinski definition) is 0. The van der Waals surface area contributed by atoms with Gasteiger partial charge >= 0.3 is 5.97 Å². The molecule has 0 spiro atoms. The van der Waals surface area contributed by atoms with Crippen LogP contribution in [0.15, 0.2) is 6.20 Å². The van der Waals surface area contributed by atoms with Gasteiger partial charge in [-0.3, -0.25) is 9.48 Å². The Hall–Kier alpha value is -2.25. The fourth-order valence-electron chi connectivity index (χ4n) is 1.96. The number of hydrogen-bond acceptors (Lipinski definition) is 6. The molecule has 0 amide bonds. The average molecular weight is 292 g/mol. The van der Waals surface area contributed by atoms with Gasteiger partial charge in [-0.1, -0.05) is 20.8 Å². The Kier molecular flexibility index (Phi) is 4.35. The highest BCUT2D eigenvalue weighted by Crippen LogP contribution is 2.21. The van der Waals surface area contributed by atoms with Crippen molar-refractivity contribution in [1.29, 1.82) is 0 Å². The molecule has 0 radical (unpaired) electrons. The SMILES string of the molecule is CCC(=O)OC(C(C)C)n1nnc(-c2c(C)cnn2C)n1. The molecule has 0 N–H and O–H groups in total. The number of tetrazole rings is 1. The van der Waals surface area contributed by atoms with Crippen molar-refractivity contribution in [1.82, 2.24) is 30.0 Å². The van der Waals surface area contributed by atoms with Crippen molar-refractivity contribution in [2.24, 2.45) is 13.0 Å². The molecular weight excluding hydrogens is 272 g/mol. The maximum atomic E-state index is 11.5. The summed E-state index contributed by atoms with van der Waals surface area (Å²) in [7, 11) is 1.82. The molecule has 0 saturated carbocycles. The van der Waals surface area contributed by atoms with E-state index >= 15 is 0 Å². The molecule has 2 aromatic heterocycles. The van der Waals surface area contributed by atoms with Crippen LogP contribution < -0.4 is 0 Å². The van der Waals surface area contributed by atoms with Crippen LogP contribution in [0.25, 0.3) is 11.5 Å². The van der Waals surface area contributed by atoms with Gasteiger partial charge < -0.3 is 4.74 Å². The maximum Gasteiger partial charge on any atom is 0.307 e. The van der Waals surface area contributed by atoms with Gasteiger partial charge in [0, 0.05) is 19.4 Å². The van der Waals surface area contributed by atoms with Crippen molar-refractivity contribution in [3.63, 3.8) is 0 Å². The predicted molar refractivity (Wildman–Crippen MR) is 75.0 cm³/mol. The fraction of sp³-hybridized carbons (Fsp3) is 0.615. The monoisotopic (exact) mass is 292 g/mol. The Morgan fingerprint density at radius 3 is 2.67 bits per heavy atom. The third-order valence-corrected chi connectivity index (χ3v) is 3.10. The summed E-state index contributed by atoms with van der Waals surface area (Å²) < 4.78 is 7.07. The molecule has 1 atom stereocenters. The summed E-state index contributed by atoms with van der Waals surface area (Å²) >= 11 is 0. The number of esters is 1. The molecule has 0 aliphatic rings. The van der Waals surface area contributed by atoms with Crippen molar-refractivity contribution >= 4 is 5.97 Å². The van der Waals surface area contributed by atoms with Crippen molar-refractivity contribution in [3.05, 3.63) is 11.8 Å². The number of ether oxygens (including phenoxy) is 1. The molecule has 114 valence electrons. The van der Waals surface area contributed by atoms with E-state index in [1.807, 2.05) is 27.8 Å². The first-order valence-electron chi connectivity index (χ1n) is 6.92. The second-order valence-corrected chi connectivity index (χ2v) is 5.21. The zero-order valence-corrected chi connectivity index (χ0v) is 12.9. The van der Waals surface area contributed by atoms with Crippen LogP contribution in [0.5, 0.6) is 0 Å². The molecule has 0 aliphatic carbocycles. The van der Waals surface area contributed by atoms with E-state index in [2.05, 4.69) is 20.5 Å². The minimum absolute atomic E-state index is 0.0372. The second kappa shape index (κ2) is 6.02. The first kappa shape index (κ1) is 15.1. The van der Waals surface area contributed by atoms with Crippen LogP contribution in [0.1, 0.15) is 39.0 Å². The first-order chi connectivity index (χ1) is 9.93. The molecule has 8 heteroatoms. The zero-order chi connectivity index (χ0) is 15.6. The zero-order valence-electron chi connectivity index (χ0n) is 12.9. The Morgan fingerprint density at radius 1 is 1.43 bits per heavy atom. The van der Waals surface area contributed by atoms with Crippen LogP contribution in [0.2, 0.25) is 0 Å². The van der Waals surface area contributed by atoms with E-state index in [0.717, 1.165) is 11.3 Å². The molecule has 0 saturated heterocycles. The summed E-state index contributed by atoms with van der Waals surface area (Å²) in [6, 6.07) is 0. The van der Waals surface area contributed by atoms with Gasteiger partial charge in [-0.25, -0.2) is 0 Å². The Labute approximate surface area is 123 Å². The van der Waals surface area contributed by atoms with E-state index in [-0.39, 0.29) is 11.9 Å². The second-order valence-electron chi connectivity index (χ2n) is 5.21. The topological polar surface area (TPSA) is 87.7 Å². The lowest BCUT2D eigenvalue weighted by Gasteiger charge is -2.19. The highest BCUT2D eigenvalue weighted by atomic mass is 16.6. The van der Waals surface area contributed by atoms with Crippen molar-refractivity contribution in [2.45, 2.75) is 40.3 Å². The smallest absolute Gasteiger partial charge is 0.307 e. The summed E-state index contributed by atoms with van der Waals surface area (Å²) in [5.41, 5.74) is 1.76. The van der Waals surface area contributed by atoms with Gasteiger partial charge in [-0.15, -0.1) is 15.0 Å². The molecular formula is C13H20N6O2. The summed E-state index contributed by atoms with van der Waals surface area (Å²) in [4.78, 5) is 12.9. The Bertz CT molecular complexity index is 611. The van der Waals surface area contributed by atoms with Crippen molar-refractivity contribution in [3.8, 4) is 11.5 Å². The van der Waals surface area contributed by atoms with Gasteiger partial charge in [0.15, 0.2) is 0 Å². The number of rotatable bonds is 5. The van der Waals surface area contributed by atoms with Crippen molar-refractivity contribution in [2.75, 3.05) is 0 Å². The highest BCUT2D eigenvalue weighted by Gasteiger charge is 2.24. The van der Waals surface area contributed by atoms with Gasteiger partial charge in [0.2, 0.25) is 12.1 Å². The van der Waals surface area contributed by atoms with Gasteiger partial charge in [-0.2, -0.15) is 5.10 Å². The van der Waals surface area contributed by atoms with Crippen LogP contribution in [0.4, 0.5) is 0 Å². The normalized spacial score (nSPS) is 12.7. The summed E-state index contributed by atoms with van der Waals surface area (Å²) in [5, 5.41) is 16.6. The lowest BCUT2D eigenvalue weighted by atomic mass is 10.2. The van der Waals surface area contributed by atoms with Gasteiger partial charge in [-0.05, 0) is 17.7 Å². The van der Waals surface area contributed by atoms with Crippen LogP contribution in [-0.2, 0) is 16.6 Å². The van der Waals surface area contributed by atoms with Crippen LogP contribution in [0, 0.1) is 12.8 Å². The summed E-state index contributed by atoms with van der Waals surface area (Å²) in [5.74, 6) is 0.213. The molecule has 2 aromatic rings. The average Bonchev–Trinajstić information content (AvgIpc) is 3.02. The van der Waals surface area contributed by atoms with Gasteiger partial charge in [0.1, 0.15) is 5.69 Å². The van der Waals surface area contributed by atoms with E-state index in [1.165, 1.54) is 4.80 Å². The molecule has 21 heavy (non-hydrogen) atoms. The molecule has 2 rings (SSSR count).